The molecule has 8 heteroatoms. The van der Waals surface area contributed by atoms with Gasteiger partial charge in [-0.25, -0.2) is 0 Å². The number of non-ortho nitro benzene ring substituents is 1. The van der Waals surface area contributed by atoms with E-state index < -0.39 is 10.4 Å². The summed E-state index contributed by atoms with van der Waals surface area (Å²) in [6.45, 7) is 0. The molecule has 0 amide bonds. The highest BCUT2D eigenvalue weighted by atomic mass is 16.6. The van der Waals surface area contributed by atoms with Crippen molar-refractivity contribution in [2.45, 2.75) is 0 Å². The molecular weight excluding hydrogens is 350 g/mol. The first kappa shape index (κ1) is 16.4. The molecule has 0 aliphatic carbocycles. The van der Waals surface area contributed by atoms with Gasteiger partial charge in [0.15, 0.2) is 5.43 Å². The van der Waals surface area contributed by atoms with Crippen LogP contribution in [0.1, 0.15) is 0 Å². The molecule has 0 aliphatic rings. The van der Waals surface area contributed by atoms with E-state index in [2.05, 4.69) is 10.3 Å². The fraction of sp³-hybridized carbons (Fsp3) is 0. The van der Waals surface area contributed by atoms with Gasteiger partial charge in [-0.3, -0.25) is 14.9 Å². The minimum absolute atomic E-state index is 0.0779. The van der Waals surface area contributed by atoms with Gasteiger partial charge in [0.1, 0.15) is 17.0 Å². The summed E-state index contributed by atoms with van der Waals surface area (Å²) in [7, 11) is 0. The molecule has 0 aliphatic heterocycles. The van der Waals surface area contributed by atoms with Gasteiger partial charge in [0.05, 0.1) is 21.5 Å². The number of nitrogens with zero attached hydrogens (tertiary/aromatic N) is 1. The molecule has 27 heavy (non-hydrogen) atoms. The van der Waals surface area contributed by atoms with Gasteiger partial charge in [0.25, 0.3) is 5.69 Å². The number of pyridine rings is 1. The zero-order valence-corrected chi connectivity index (χ0v) is 13.8. The van der Waals surface area contributed by atoms with E-state index in [1.165, 1.54) is 42.5 Å². The maximum atomic E-state index is 13.0. The Kier molecular flexibility index (Phi) is 3.66. The van der Waals surface area contributed by atoms with E-state index in [1.54, 1.807) is 12.1 Å². The van der Waals surface area contributed by atoms with Crippen LogP contribution >= 0.6 is 0 Å². The van der Waals surface area contributed by atoms with E-state index in [9.17, 15) is 25.1 Å². The lowest BCUT2D eigenvalue weighted by Crippen LogP contribution is -2.08. The molecule has 0 unspecified atom stereocenters. The molecule has 0 saturated carbocycles. The van der Waals surface area contributed by atoms with Gasteiger partial charge in [-0.15, -0.1) is 0 Å². The summed E-state index contributed by atoms with van der Waals surface area (Å²) in [4.78, 5) is 26.8. The van der Waals surface area contributed by atoms with Gasteiger partial charge in [0, 0.05) is 17.1 Å². The van der Waals surface area contributed by atoms with Crippen molar-refractivity contribution in [1.82, 2.24) is 4.98 Å². The first-order valence-corrected chi connectivity index (χ1v) is 7.96. The number of nitro benzene ring substituents is 1. The number of anilines is 2. The molecule has 0 spiro atoms. The highest BCUT2D eigenvalue weighted by Crippen LogP contribution is 2.32. The number of benzene rings is 3. The third-order valence-electron chi connectivity index (χ3n) is 4.26. The molecule has 0 fully saturated rings. The monoisotopic (exact) mass is 363 g/mol. The Hall–Kier alpha value is -4.07. The lowest BCUT2D eigenvalue weighted by Gasteiger charge is -2.11. The fourth-order valence-corrected chi connectivity index (χ4v) is 3.01. The van der Waals surface area contributed by atoms with Crippen LogP contribution in [0.3, 0.4) is 0 Å². The standard InChI is InChI=1S/C19H13N3O5/c23-11-3-1-10(2-4-11)20-15-7-8-16(22(26)27)18-17(15)19(25)13-9-12(24)5-6-14(13)21-18/h1-9,20,23-24H,(H,21,25). The van der Waals surface area contributed by atoms with Crippen LogP contribution < -0.4 is 10.7 Å². The smallest absolute Gasteiger partial charge is 0.293 e. The molecule has 1 aromatic heterocycles. The summed E-state index contributed by atoms with van der Waals surface area (Å²) >= 11 is 0. The zero-order chi connectivity index (χ0) is 19.1. The molecule has 0 radical (unpaired) electrons. The predicted molar refractivity (Wildman–Crippen MR) is 102 cm³/mol. The molecule has 0 atom stereocenters. The number of nitro groups is 1. The van der Waals surface area contributed by atoms with Gasteiger partial charge in [-0.1, -0.05) is 0 Å². The summed E-state index contributed by atoms with van der Waals surface area (Å²) < 4.78 is 0. The van der Waals surface area contributed by atoms with Gasteiger partial charge in [-0.2, -0.15) is 0 Å². The Labute approximate surface area is 151 Å². The summed E-state index contributed by atoms with van der Waals surface area (Å²) in [6, 6.07) is 13.2. The first-order chi connectivity index (χ1) is 12.9. The maximum absolute atomic E-state index is 13.0. The van der Waals surface area contributed by atoms with Crippen molar-refractivity contribution < 1.29 is 15.1 Å². The topological polar surface area (TPSA) is 128 Å². The number of hydrogen-bond donors (Lipinski definition) is 4. The lowest BCUT2D eigenvalue weighted by atomic mass is 10.1. The summed E-state index contributed by atoms with van der Waals surface area (Å²) in [5.41, 5.74) is 0.765. The van der Waals surface area contributed by atoms with Crippen molar-refractivity contribution in [2.24, 2.45) is 0 Å². The molecule has 134 valence electrons. The molecule has 4 rings (SSSR count). The number of aromatic hydroxyl groups is 2. The summed E-state index contributed by atoms with van der Waals surface area (Å²) in [5, 5.41) is 33.9. The second-order valence-corrected chi connectivity index (χ2v) is 6.00. The lowest BCUT2D eigenvalue weighted by molar-refractivity contribution is -0.383. The van der Waals surface area contributed by atoms with Crippen molar-refractivity contribution in [1.29, 1.82) is 0 Å². The van der Waals surface area contributed by atoms with E-state index in [-0.39, 0.29) is 33.5 Å². The predicted octanol–water partition coefficient (Wildman–Crippen LogP) is 3.74. The Balaban J connectivity index is 2.04. The number of phenolic OH excluding ortho intramolecular Hbond substituents is 2. The number of hydrogen-bond acceptors (Lipinski definition) is 6. The molecule has 8 nitrogen and oxygen atoms in total. The Morgan fingerprint density at radius 2 is 1.67 bits per heavy atom. The quantitative estimate of drug-likeness (QED) is 0.190. The summed E-state index contributed by atoms with van der Waals surface area (Å²) in [5.74, 6) is 0.0132. The van der Waals surface area contributed by atoms with Gasteiger partial charge >= 0.3 is 0 Å². The van der Waals surface area contributed by atoms with Gasteiger partial charge < -0.3 is 20.5 Å². The van der Waals surface area contributed by atoms with Crippen LogP contribution in [-0.2, 0) is 0 Å². The van der Waals surface area contributed by atoms with Crippen LogP contribution in [0.4, 0.5) is 17.1 Å². The molecule has 0 saturated heterocycles. The number of phenols is 2. The second-order valence-electron chi connectivity index (χ2n) is 6.00. The molecule has 1 heterocycles. The maximum Gasteiger partial charge on any atom is 0.293 e. The second kappa shape index (κ2) is 6.03. The highest BCUT2D eigenvalue weighted by molar-refractivity contribution is 6.04. The van der Waals surface area contributed by atoms with Crippen molar-refractivity contribution >= 4 is 38.9 Å². The van der Waals surface area contributed by atoms with Crippen LogP contribution in [0.25, 0.3) is 21.8 Å². The third kappa shape index (κ3) is 2.78. The Morgan fingerprint density at radius 1 is 0.963 bits per heavy atom. The van der Waals surface area contributed by atoms with E-state index >= 15 is 0 Å². The van der Waals surface area contributed by atoms with Crippen molar-refractivity contribution in [2.75, 3.05) is 5.32 Å². The van der Waals surface area contributed by atoms with Gasteiger partial charge in [-0.05, 0) is 48.5 Å². The average Bonchev–Trinajstić information content (AvgIpc) is 2.64. The van der Waals surface area contributed by atoms with Crippen LogP contribution in [-0.4, -0.2) is 20.1 Å². The molecule has 4 aromatic rings. The molecule has 3 aromatic carbocycles. The van der Waals surface area contributed by atoms with Crippen molar-refractivity contribution in [3.63, 3.8) is 0 Å². The van der Waals surface area contributed by atoms with Crippen LogP contribution in [0.5, 0.6) is 11.5 Å². The number of H-pyrrole nitrogens is 1. The largest absolute Gasteiger partial charge is 0.508 e. The fourth-order valence-electron chi connectivity index (χ4n) is 3.01. The number of rotatable bonds is 3. The zero-order valence-electron chi connectivity index (χ0n) is 13.8. The summed E-state index contributed by atoms with van der Waals surface area (Å²) in [6.07, 6.45) is 0. The normalized spacial score (nSPS) is 11.0. The van der Waals surface area contributed by atoms with Gasteiger partial charge in [0.2, 0.25) is 0 Å². The number of nitrogens with one attached hydrogen (secondary N) is 2. The van der Waals surface area contributed by atoms with Crippen LogP contribution in [0, 0.1) is 10.1 Å². The molecule has 4 N–H and O–H groups in total. The minimum Gasteiger partial charge on any atom is -0.508 e. The average molecular weight is 363 g/mol. The molecular formula is C19H13N3O5. The Bertz CT molecular complexity index is 1260. The van der Waals surface area contributed by atoms with E-state index in [0.717, 1.165) is 0 Å². The van der Waals surface area contributed by atoms with E-state index in [0.29, 0.717) is 16.9 Å². The van der Waals surface area contributed by atoms with Crippen LogP contribution in [0.2, 0.25) is 0 Å². The number of aromatic amines is 1. The molecule has 0 bridgehead atoms. The minimum atomic E-state index is -0.561. The number of aromatic nitrogens is 1. The SMILES string of the molecule is O=c1c2cc(O)ccc2[nH]c2c([N+](=O)[O-])ccc(Nc3ccc(O)cc3)c12. The van der Waals surface area contributed by atoms with E-state index in [1.807, 2.05) is 0 Å². The first-order valence-electron chi connectivity index (χ1n) is 7.96. The number of fused-ring (bicyclic) bond motifs is 2. The van der Waals surface area contributed by atoms with Crippen molar-refractivity contribution in [3.05, 3.63) is 74.9 Å². The van der Waals surface area contributed by atoms with E-state index in [4.69, 9.17) is 0 Å². The van der Waals surface area contributed by atoms with Crippen molar-refractivity contribution in [3.8, 4) is 11.5 Å². The Morgan fingerprint density at radius 3 is 2.37 bits per heavy atom. The third-order valence-corrected chi connectivity index (χ3v) is 4.26. The van der Waals surface area contributed by atoms with Crippen LogP contribution in [0.15, 0.2) is 59.4 Å². The highest BCUT2D eigenvalue weighted by Gasteiger charge is 2.19.